The molecule has 0 amide bonds. The summed E-state index contributed by atoms with van der Waals surface area (Å²) in [5, 5.41) is 28.7. The van der Waals surface area contributed by atoms with Crippen molar-refractivity contribution in [1.29, 1.82) is 5.26 Å². The second kappa shape index (κ2) is 10.2. The van der Waals surface area contributed by atoms with Crippen LogP contribution in [0.3, 0.4) is 0 Å². The second-order valence-corrected chi connectivity index (χ2v) is 9.22. The number of rotatable bonds is 5. The summed E-state index contributed by atoms with van der Waals surface area (Å²) in [6, 6.07) is 12.6. The molecule has 1 unspecified atom stereocenters. The molecule has 1 N–H and O–H groups in total. The van der Waals surface area contributed by atoms with E-state index in [0.717, 1.165) is 59.2 Å². The summed E-state index contributed by atoms with van der Waals surface area (Å²) >= 11 is 0. The first-order valence-corrected chi connectivity index (χ1v) is 12.2. The van der Waals surface area contributed by atoms with Crippen molar-refractivity contribution in [2.45, 2.75) is 38.8 Å². The highest BCUT2D eigenvalue weighted by Crippen LogP contribution is 2.35. The normalized spacial score (nSPS) is 14.8. The maximum atomic E-state index is 9.72. The van der Waals surface area contributed by atoms with Crippen LogP contribution >= 0.6 is 12.4 Å². The van der Waals surface area contributed by atoms with Gasteiger partial charge in [-0.15, -0.1) is 17.5 Å². The number of nitriles is 1. The number of fused-ring (bicyclic) bond motifs is 2. The lowest BCUT2D eigenvalue weighted by Crippen LogP contribution is -2.30. The van der Waals surface area contributed by atoms with Gasteiger partial charge in [-0.25, -0.2) is 9.20 Å². The molecule has 5 aromatic rings. The molecule has 9 nitrogen and oxygen atoms in total. The summed E-state index contributed by atoms with van der Waals surface area (Å²) in [5.41, 5.74) is 4.69. The first kappa shape index (κ1) is 24.7. The molecule has 6 rings (SSSR count). The maximum Gasteiger partial charge on any atom is 0.148 e. The fourth-order valence-electron chi connectivity index (χ4n) is 5.11. The van der Waals surface area contributed by atoms with Crippen molar-refractivity contribution in [1.82, 2.24) is 34.9 Å². The Labute approximate surface area is 220 Å². The van der Waals surface area contributed by atoms with E-state index in [1.165, 1.54) is 0 Å². The topological polar surface area (TPSA) is 106 Å². The van der Waals surface area contributed by atoms with Crippen LogP contribution < -0.4 is 10.1 Å². The average Bonchev–Trinajstić information content (AvgIpc) is 3.52. The summed E-state index contributed by atoms with van der Waals surface area (Å²) in [6.07, 6.45) is 8.88. The van der Waals surface area contributed by atoms with Crippen molar-refractivity contribution >= 4 is 28.7 Å². The van der Waals surface area contributed by atoms with Crippen LogP contribution in [0.15, 0.2) is 55.1 Å². The van der Waals surface area contributed by atoms with E-state index >= 15 is 0 Å². The molecule has 1 aliphatic rings. The van der Waals surface area contributed by atoms with Gasteiger partial charge in [-0.3, -0.25) is 4.98 Å². The van der Waals surface area contributed by atoms with Gasteiger partial charge in [-0.05, 0) is 51.2 Å². The minimum absolute atomic E-state index is 0. The molecule has 1 atom stereocenters. The fraction of sp³-hybridized carbons (Fsp3) is 0.296. The molecule has 0 bridgehead atoms. The first-order chi connectivity index (χ1) is 17.6. The smallest absolute Gasteiger partial charge is 0.148 e. The molecule has 0 aliphatic carbocycles. The van der Waals surface area contributed by atoms with Crippen LogP contribution in [0.2, 0.25) is 0 Å². The highest BCUT2D eigenvalue weighted by Gasteiger charge is 2.23. The van der Waals surface area contributed by atoms with Crippen molar-refractivity contribution in [2.24, 2.45) is 0 Å². The van der Waals surface area contributed by atoms with Gasteiger partial charge in [0.1, 0.15) is 34.7 Å². The summed E-state index contributed by atoms with van der Waals surface area (Å²) in [6.45, 7) is 6.01. The number of piperidine rings is 1. The number of nitrogens with zero attached hydrogens (tertiary/aromatic N) is 7. The van der Waals surface area contributed by atoms with Gasteiger partial charge in [-0.2, -0.15) is 10.4 Å². The molecule has 1 fully saturated rings. The molecule has 188 valence electrons. The zero-order valence-electron chi connectivity index (χ0n) is 20.6. The Hall–Kier alpha value is -4.00. The summed E-state index contributed by atoms with van der Waals surface area (Å²) in [4.78, 5) is 4.41. The van der Waals surface area contributed by atoms with Crippen LogP contribution in [0.5, 0.6) is 5.75 Å². The predicted molar refractivity (Wildman–Crippen MR) is 143 cm³/mol. The van der Waals surface area contributed by atoms with E-state index in [1.54, 1.807) is 10.7 Å². The molecule has 0 radical (unpaired) electrons. The Balaban J connectivity index is 0.00000280. The van der Waals surface area contributed by atoms with Crippen molar-refractivity contribution in [3.8, 4) is 23.1 Å². The van der Waals surface area contributed by atoms with Gasteiger partial charge in [0.25, 0.3) is 0 Å². The summed E-state index contributed by atoms with van der Waals surface area (Å²) in [5.74, 6) is 0.567. The largest absolute Gasteiger partial charge is 0.484 e. The quantitative estimate of drug-likeness (QED) is 0.359. The van der Waals surface area contributed by atoms with Crippen LogP contribution in [0.4, 0.5) is 0 Å². The van der Waals surface area contributed by atoms with E-state index in [1.807, 2.05) is 54.5 Å². The van der Waals surface area contributed by atoms with Gasteiger partial charge in [0, 0.05) is 35.1 Å². The number of halogens is 1. The number of pyridine rings is 2. The van der Waals surface area contributed by atoms with Crippen LogP contribution in [0.25, 0.3) is 27.5 Å². The van der Waals surface area contributed by atoms with Crippen LogP contribution in [-0.2, 0) is 0 Å². The molecule has 0 saturated carbocycles. The van der Waals surface area contributed by atoms with Gasteiger partial charge >= 0.3 is 0 Å². The van der Waals surface area contributed by atoms with Gasteiger partial charge in [-0.1, -0.05) is 29.5 Å². The lowest BCUT2D eigenvalue weighted by Gasteiger charge is -2.23. The van der Waals surface area contributed by atoms with Crippen LogP contribution in [0, 0.1) is 18.3 Å². The molecule has 5 heterocycles. The highest BCUT2D eigenvalue weighted by atomic mass is 35.5. The lowest BCUT2D eigenvalue weighted by molar-refractivity contribution is 0.230. The second-order valence-electron chi connectivity index (χ2n) is 9.22. The van der Waals surface area contributed by atoms with E-state index in [2.05, 4.69) is 44.8 Å². The lowest BCUT2D eigenvalue weighted by atomic mass is 10.0. The average molecular weight is 515 g/mol. The third-order valence-electron chi connectivity index (χ3n) is 6.99. The Morgan fingerprint density at radius 3 is 2.78 bits per heavy atom. The molecule has 4 aromatic heterocycles. The Morgan fingerprint density at radius 2 is 1.97 bits per heavy atom. The summed E-state index contributed by atoms with van der Waals surface area (Å²) in [7, 11) is 0. The number of benzene rings is 1. The molecular weight excluding hydrogens is 488 g/mol. The minimum atomic E-state index is -0.310. The van der Waals surface area contributed by atoms with Crippen LogP contribution in [-0.4, -0.2) is 42.7 Å². The third-order valence-corrected chi connectivity index (χ3v) is 6.99. The predicted octanol–water partition coefficient (Wildman–Crippen LogP) is 4.81. The molecule has 0 spiro atoms. The van der Waals surface area contributed by atoms with Crippen molar-refractivity contribution in [3.05, 3.63) is 71.9 Å². The number of nitrogens with one attached hydrogen (secondary N) is 1. The SMILES string of the molecule is Cc1c(-c2cc(OC(C)c3cncc4ccccc34)c3c(C#N)cnn3c2)nnn1C1CCNCC1.Cl. The number of hydrogen-bond donors (Lipinski definition) is 1. The van der Waals surface area contributed by atoms with E-state index in [9.17, 15) is 5.26 Å². The van der Waals surface area contributed by atoms with Crippen molar-refractivity contribution in [3.63, 3.8) is 0 Å². The summed E-state index contributed by atoms with van der Waals surface area (Å²) < 4.78 is 10.3. The molecule has 1 aliphatic heterocycles. The van der Waals surface area contributed by atoms with Gasteiger partial charge in [0.05, 0.1) is 17.9 Å². The maximum absolute atomic E-state index is 9.72. The fourth-order valence-corrected chi connectivity index (χ4v) is 5.11. The third kappa shape index (κ3) is 4.39. The number of aromatic nitrogens is 6. The Bertz CT molecular complexity index is 1610. The van der Waals surface area contributed by atoms with E-state index in [0.29, 0.717) is 22.9 Å². The monoisotopic (exact) mass is 514 g/mol. The Morgan fingerprint density at radius 1 is 1.16 bits per heavy atom. The van der Waals surface area contributed by atoms with Gasteiger partial charge < -0.3 is 10.1 Å². The van der Waals surface area contributed by atoms with Crippen molar-refractivity contribution < 1.29 is 4.74 Å². The first-order valence-electron chi connectivity index (χ1n) is 12.2. The zero-order chi connectivity index (χ0) is 24.6. The van der Waals surface area contributed by atoms with Gasteiger partial charge in [0.15, 0.2) is 0 Å². The number of hydrogen-bond acceptors (Lipinski definition) is 7. The van der Waals surface area contributed by atoms with E-state index in [4.69, 9.17) is 4.74 Å². The molecule has 10 heteroatoms. The molecule has 1 aromatic carbocycles. The van der Waals surface area contributed by atoms with Gasteiger partial charge in [0.2, 0.25) is 0 Å². The minimum Gasteiger partial charge on any atom is -0.484 e. The molecule has 37 heavy (non-hydrogen) atoms. The Kier molecular flexibility index (Phi) is 6.78. The zero-order valence-corrected chi connectivity index (χ0v) is 21.4. The molecule has 1 saturated heterocycles. The highest BCUT2D eigenvalue weighted by molar-refractivity contribution is 5.85. The standard InChI is InChI=1S/C27H26N8O.ClH/c1-17-26(32-33-35(17)22-7-9-29-10-8-22)20-11-25(27-21(12-28)14-31-34(27)16-20)36-18(2)24-15-30-13-19-5-3-4-6-23(19)24;/h3-6,11,13-16,18,22,29H,7-10H2,1-2H3;1H. The van der Waals surface area contributed by atoms with E-state index in [-0.39, 0.29) is 18.5 Å². The van der Waals surface area contributed by atoms with E-state index < -0.39 is 0 Å². The number of ether oxygens (including phenoxy) is 1. The molecular formula is C27H27ClN8O. The van der Waals surface area contributed by atoms with Crippen molar-refractivity contribution in [2.75, 3.05) is 13.1 Å². The van der Waals surface area contributed by atoms with Crippen LogP contribution in [0.1, 0.15) is 48.7 Å².